The first kappa shape index (κ1) is 19.4. The first-order chi connectivity index (χ1) is 13.0. The Morgan fingerprint density at radius 1 is 1.22 bits per heavy atom. The van der Waals surface area contributed by atoms with E-state index in [1.54, 1.807) is 0 Å². The minimum absolute atomic E-state index is 0.110. The third-order valence-electron chi connectivity index (χ3n) is 5.38. The van der Waals surface area contributed by atoms with Crippen molar-refractivity contribution < 1.29 is 13.9 Å². The first-order valence-electron chi connectivity index (χ1n) is 9.23. The molecule has 1 aliphatic rings. The van der Waals surface area contributed by atoms with Crippen molar-refractivity contribution in [1.29, 1.82) is 5.26 Å². The molecule has 0 spiro atoms. The Hall–Kier alpha value is -2.38. The number of nitriles is 1. The first-order valence-corrected chi connectivity index (χ1v) is 9.60. The quantitative estimate of drug-likeness (QED) is 0.461. The number of carbonyl (C=O) groups is 1. The van der Waals surface area contributed by atoms with Crippen LogP contribution in [0.3, 0.4) is 0 Å². The van der Waals surface area contributed by atoms with Crippen molar-refractivity contribution in [2.24, 2.45) is 5.92 Å². The van der Waals surface area contributed by atoms with Crippen LogP contribution in [0.2, 0.25) is 5.02 Å². The number of rotatable bonds is 4. The molecule has 140 valence electrons. The molecule has 1 fully saturated rings. The van der Waals surface area contributed by atoms with E-state index in [1.807, 2.05) is 12.1 Å². The van der Waals surface area contributed by atoms with Crippen molar-refractivity contribution in [2.75, 3.05) is 0 Å². The van der Waals surface area contributed by atoms with Gasteiger partial charge in [-0.15, -0.1) is 0 Å². The van der Waals surface area contributed by atoms with Crippen molar-refractivity contribution in [2.45, 2.75) is 44.9 Å². The molecular weight excluding hydrogens is 365 g/mol. The second-order valence-electron chi connectivity index (χ2n) is 7.01. The van der Waals surface area contributed by atoms with E-state index in [4.69, 9.17) is 21.6 Å². The van der Waals surface area contributed by atoms with Gasteiger partial charge in [-0.3, -0.25) is 0 Å². The zero-order chi connectivity index (χ0) is 19.4. The summed E-state index contributed by atoms with van der Waals surface area (Å²) in [6, 6.07) is 11.0. The molecule has 0 N–H and O–H groups in total. The highest BCUT2D eigenvalue weighted by Crippen LogP contribution is 2.37. The Morgan fingerprint density at radius 2 is 1.96 bits per heavy atom. The van der Waals surface area contributed by atoms with E-state index >= 15 is 0 Å². The van der Waals surface area contributed by atoms with Crippen LogP contribution in [0, 0.1) is 23.1 Å². The van der Waals surface area contributed by atoms with Gasteiger partial charge in [-0.1, -0.05) is 31.0 Å². The van der Waals surface area contributed by atoms with Crippen LogP contribution >= 0.6 is 11.6 Å². The van der Waals surface area contributed by atoms with Crippen LogP contribution in [0.25, 0.3) is 0 Å². The van der Waals surface area contributed by atoms with E-state index in [2.05, 4.69) is 6.92 Å². The lowest BCUT2D eigenvalue weighted by Gasteiger charge is -2.28. The number of hydrogen-bond acceptors (Lipinski definition) is 3. The van der Waals surface area contributed by atoms with Gasteiger partial charge >= 0.3 is 5.97 Å². The second-order valence-corrected chi connectivity index (χ2v) is 7.42. The molecule has 2 aromatic rings. The van der Waals surface area contributed by atoms with Gasteiger partial charge in [-0.05, 0) is 67.3 Å². The maximum absolute atomic E-state index is 14.5. The van der Waals surface area contributed by atoms with Crippen molar-refractivity contribution in [1.82, 2.24) is 0 Å². The van der Waals surface area contributed by atoms with Gasteiger partial charge in [0.05, 0.1) is 16.1 Å². The lowest BCUT2D eigenvalue weighted by Crippen LogP contribution is -2.14. The summed E-state index contributed by atoms with van der Waals surface area (Å²) in [7, 11) is 0. The smallest absolute Gasteiger partial charge is 0.346 e. The number of benzene rings is 2. The zero-order valence-electron chi connectivity index (χ0n) is 15.2. The fourth-order valence-electron chi connectivity index (χ4n) is 3.67. The molecule has 3 nitrogen and oxygen atoms in total. The van der Waals surface area contributed by atoms with E-state index in [1.165, 1.54) is 49.6 Å². The van der Waals surface area contributed by atoms with Gasteiger partial charge in [0.1, 0.15) is 17.6 Å². The summed E-state index contributed by atoms with van der Waals surface area (Å²) in [4.78, 5) is 12.3. The summed E-state index contributed by atoms with van der Waals surface area (Å²) in [6.07, 6.45) is 5.67. The molecule has 0 aromatic heterocycles. The second kappa shape index (κ2) is 8.54. The van der Waals surface area contributed by atoms with Gasteiger partial charge < -0.3 is 4.74 Å². The Morgan fingerprint density at radius 3 is 2.56 bits per heavy atom. The van der Waals surface area contributed by atoms with Gasteiger partial charge in [0.15, 0.2) is 0 Å². The molecule has 3 rings (SSSR count). The molecule has 27 heavy (non-hydrogen) atoms. The molecular formula is C22H21ClFNO2. The van der Waals surface area contributed by atoms with Crippen molar-refractivity contribution in [3.8, 4) is 11.8 Å². The molecule has 0 atom stereocenters. The number of nitrogens with zero attached hydrogens (tertiary/aromatic N) is 1. The average molecular weight is 386 g/mol. The number of esters is 1. The SMILES string of the molecule is CCC1CCC(c2ccc(C(=O)Oc3ccc(C#N)c(Cl)c3)c(F)c2)CC1. The highest BCUT2D eigenvalue weighted by atomic mass is 35.5. The predicted octanol–water partition coefficient (Wildman–Crippen LogP) is 6.25. The molecule has 0 saturated heterocycles. The minimum Gasteiger partial charge on any atom is -0.423 e. The monoisotopic (exact) mass is 385 g/mol. The summed E-state index contributed by atoms with van der Waals surface area (Å²) in [5.41, 5.74) is 1.12. The summed E-state index contributed by atoms with van der Waals surface area (Å²) in [5, 5.41) is 9.06. The highest BCUT2D eigenvalue weighted by molar-refractivity contribution is 6.31. The third-order valence-corrected chi connectivity index (χ3v) is 5.69. The molecule has 0 bridgehead atoms. The van der Waals surface area contributed by atoms with Gasteiger partial charge in [-0.2, -0.15) is 5.26 Å². The molecule has 0 heterocycles. The van der Waals surface area contributed by atoms with Crippen LogP contribution in [0.4, 0.5) is 4.39 Å². The highest BCUT2D eigenvalue weighted by Gasteiger charge is 2.23. The topological polar surface area (TPSA) is 50.1 Å². The number of hydrogen-bond donors (Lipinski definition) is 0. The normalized spacial score (nSPS) is 19.3. The molecule has 0 aliphatic heterocycles. The number of carbonyl (C=O) groups excluding carboxylic acids is 1. The molecule has 0 amide bonds. The van der Waals surface area contributed by atoms with Gasteiger partial charge in [0, 0.05) is 6.07 Å². The van der Waals surface area contributed by atoms with Crippen LogP contribution in [0.15, 0.2) is 36.4 Å². The summed E-state index contributed by atoms with van der Waals surface area (Å²) < 4.78 is 19.7. The molecule has 0 unspecified atom stereocenters. The number of halogens is 2. The summed E-state index contributed by atoms with van der Waals surface area (Å²) in [5.74, 6) is -0.0565. The number of ether oxygens (including phenoxy) is 1. The average Bonchev–Trinajstić information content (AvgIpc) is 2.68. The van der Waals surface area contributed by atoms with E-state index in [-0.39, 0.29) is 21.9 Å². The zero-order valence-corrected chi connectivity index (χ0v) is 15.9. The maximum Gasteiger partial charge on any atom is 0.346 e. The third kappa shape index (κ3) is 4.48. The molecule has 5 heteroatoms. The van der Waals surface area contributed by atoms with E-state index < -0.39 is 11.8 Å². The Labute approximate surface area is 163 Å². The molecule has 2 aromatic carbocycles. The molecule has 0 radical (unpaired) electrons. The largest absolute Gasteiger partial charge is 0.423 e. The molecule has 1 aliphatic carbocycles. The standard InChI is InChI=1S/C22H21ClFNO2/c1-2-14-3-5-15(6-4-14)16-8-10-19(21(24)11-16)22(26)27-18-9-7-17(13-25)20(23)12-18/h7-12,14-15H,2-6H2,1H3. The van der Waals surface area contributed by atoms with Gasteiger partial charge in [-0.25, -0.2) is 9.18 Å². The van der Waals surface area contributed by atoms with Crippen LogP contribution in [0.1, 0.15) is 66.4 Å². The Kier molecular flexibility index (Phi) is 6.13. The van der Waals surface area contributed by atoms with Crippen LogP contribution in [0.5, 0.6) is 5.75 Å². The van der Waals surface area contributed by atoms with Crippen LogP contribution in [-0.2, 0) is 0 Å². The maximum atomic E-state index is 14.5. The van der Waals surface area contributed by atoms with Gasteiger partial charge in [0.25, 0.3) is 0 Å². The minimum atomic E-state index is -0.783. The lowest BCUT2D eigenvalue weighted by molar-refractivity contribution is 0.0730. The van der Waals surface area contributed by atoms with Crippen molar-refractivity contribution in [3.05, 3.63) is 63.9 Å². The van der Waals surface area contributed by atoms with Gasteiger partial charge in [0.2, 0.25) is 0 Å². The fourth-order valence-corrected chi connectivity index (χ4v) is 3.88. The summed E-state index contributed by atoms with van der Waals surface area (Å²) >= 11 is 5.93. The van der Waals surface area contributed by atoms with Crippen molar-refractivity contribution in [3.63, 3.8) is 0 Å². The Bertz CT molecular complexity index is 882. The van der Waals surface area contributed by atoms with Crippen LogP contribution < -0.4 is 4.74 Å². The van der Waals surface area contributed by atoms with Crippen LogP contribution in [-0.4, -0.2) is 5.97 Å². The van der Waals surface area contributed by atoms with E-state index in [0.29, 0.717) is 5.92 Å². The van der Waals surface area contributed by atoms with Crippen molar-refractivity contribution >= 4 is 17.6 Å². The Balaban J connectivity index is 1.71. The van der Waals surface area contributed by atoms with E-state index in [9.17, 15) is 9.18 Å². The molecule has 1 saturated carbocycles. The lowest BCUT2D eigenvalue weighted by atomic mass is 9.78. The fraction of sp³-hybridized carbons (Fsp3) is 0.364. The predicted molar refractivity (Wildman–Crippen MR) is 103 cm³/mol. The van der Waals surface area contributed by atoms with E-state index in [0.717, 1.165) is 24.3 Å². The summed E-state index contributed by atoms with van der Waals surface area (Å²) in [6.45, 7) is 2.21.